The maximum atomic E-state index is 12.3. The summed E-state index contributed by atoms with van der Waals surface area (Å²) < 4.78 is 7.57. The summed E-state index contributed by atoms with van der Waals surface area (Å²) in [6.07, 6.45) is 1.61. The molecule has 1 aromatic heterocycles. The van der Waals surface area contributed by atoms with E-state index < -0.39 is 0 Å². The molecule has 3 aromatic rings. The summed E-state index contributed by atoms with van der Waals surface area (Å²) in [5.74, 6) is 1.40. The number of amides is 1. The van der Waals surface area contributed by atoms with Crippen LogP contribution in [0.1, 0.15) is 12.5 Å². The smallest absolute Gasteiger partial charge is 0.237 e. The largest absolute Gasteiger partial charge is 0.457 e. The van der Waals surface area contributed by atoms with Crippen molar-refractivity contribution < 1.29 is 9.53 Å². The number of carbonyl (C=O) groups is 1. The van der Waals surface area contributed by atoms with Gasteiger partial charge >= 0.3 is 0 Å². The Morgan fingerprint density at radius 2 is 1.73 bits per heavy atom. The highest BCUT2D eigenvalue weighted by Crippen LogP contribution is 2.25. The molecule has 0 radical (unpaired) electrons. The first kappa shape index (κ1) is 18.0. The van der Waals surface area contributed by atoms with E-state index >= 15 is 0 Å². The molecule has 0 aliphatic rings. The SMILES string of the molecule is Cc1ccc(Oc2ccc(NC(=O)C(C)Sc3nncn3C)cc2)cc1. The van der Waals surface area contributed by atoms with Crippen molar-refractivity contribution in [1.82, 2.24) is 14.8 Å². The Labute approximate surface area is 156 Å². The molecule has 0 fully saturated rings. The molecule has 0 aliphatic heterocycles. The van der Waals surface area contributed by atoms with Crippen molar-refractivity contribution in [2.24, 2.45) is 7.05 Å². The molecular weight excluding hydrogens is 348 g/mol. The number of hydrogen-bond donors (Lipinski definition) is 1. The van der Waals surface area contributed by atoms with Gasteiger partial charge in [-0.3, -0.25) is 4.79 Å². The van der Waals surface area contributed by atoms with Crippen LogP contribution in [0.2, 0.25) is 0 Å². The van der Waals surface area contributed by atoms with Crippen LogP contribution in [0.4, 0.5) is 5.69 Å². The minimum atomic E-state index is -0.290. The molecule has 1 amide bonds. The summed E-state index contributed by atoms with van der Waals surface area (Å²) in [6, 6.07) is 15.2. The van der Waals surface area contributed by atoms with Crippen molar-refractivity contribution in [2.45, 2.75) is 24.3 Å². The van der Waals surface area contributed by atoms with E-state index in [0.29, 0.717) is 10.9 Å². The first-order valence-corrected chi connectivity index (χ1v) is 9.05. The van der Waals surface area contributed by atoms with Gasteiger partial charge in [0.25, 0.3) is 0 Å². The van der Waals surface area contributed by atoms with E-state index in [-0.39, 0.29) is 11.2 Å². The van der Waals surface area contributed by atoms with E-state index in [1.54, 1.807) is 10.9 Å². The van der Waals surface area contributed by atoms with Crippen molar-refractivity contribution in [3.63, 3.8) is 0 Å². The van der Waals surface area contributed by atoms with Crippen molar-refractivity contribution in [1.29, 1.82) is 0 Å². The van der Waals surface area contributed by atoms with Crippen LogP contribution in [0, 0.1) is 6.92 Å². The molecule has 26 heavy (non-hydrogen) atoms. The highest BCUT2D eigenvalue weighted by molar-refractivity contribution is 8.00. The normalized spacial score (nSPS) is 11.8. The van der Waals surface area contributed by atoms with E-state index in [9.17, 15) is 4.79 Å². The highest BCUT2D eigenvalue weighted by Gasteiger charge is 2.17. The molecule has 0 saturated carbocycles. The molecule has 1 unspecified atom stereocenters. The van der Waals surface area contributed by atoms with Crippen molar-refractivity contribution in [2.75, 3.05) is 5.32 Å². The van der Waals surface area contributed by atoms with Gasteiger partial charge < -0.3 is 14.6 Å². The van der Waals surface area contributed by atoms with Gasteiger partial charge in [-0.25, -0.2) is 0 Å². The van der Waals surface area contributed by atoms with Gasteiger partial charge in [-0.1, -0.05) is 29.5 Å². The monoisotopic (exact) mass is 368 g/mol. The molecule has 0 saturated heterocycles. The standard InChI is InChI=1S/C19H20N4O2S/c1-13-4-8-16(9-5-13)25-17-10-6-15(7-11-17)21-18(24)14(2)26-19-22-20-12-23(19)3/h4-12,14H,1-3H3,(H,21,24). The lowest BCUT2D eigenvalue weighted by Crippen LogP contribution is -2.22. The van der Waals surface area contributed by atoms with Gasteiger partial charge in [0.1, 0.15) is 17.8 Å². The summed E-state index contributed by atoms with van der Waals surface area (Å²) in [6.45, 7) is 3.87. The predicted octanol–water partition coefficient (Wildman–Crippen LogP) is 4.04. The Hall–Kier alpha value is -2.80. The third kappa shape index (κ3) is 4.64. The number of nitrogens with one attached hydrogen (secondary N) is 1. The zero-order valence-electron chi connectivity index (χ0n) is 14.8. The van der Waals surface area contributed by atoms with Crippen LogP contribution in [-0.4, -0.2) is 25.9 Å². The quantitative estimate of drug-likeness (QED) is 0.665. The Balaban J connectivity index is 1.57. The zero-order valence-corrected chi connectivity index (χ0v) is 15.7. The van der Waals surface area contributed by atoms with Gasteiger partial charge in [0, 0.05) is 12.7 Å². The molecule has 0 bridgehead atoms. The number of benzene rings is 2. The number of anilines is 1. The third-order valence-corrected chi connectivity index (χ3v) is 4.85. The van der Waals surface area contributed by atoms with Crippen molar-refractivity contribution in [3.05, 3.63) is 60.4 Å². The summed E-state index contributed by atoms with van der Waals surface area (Å²) in [5, 5.41) is 11.1. The Morgan fingerprint density at radius 3 is 2.31 bits per heavy atom. The van der Waals surface area contributed by atoms with E-state index in [4.69, 9.17) is 4.74 Å². The minimum Gasteiger partial charge on any atom is -0.457 e. The zero-order chi connectivity index (χ0) is 18.5. The molecular formula is C19H20N4O2S. The summed E-state index contributed by atoms with van der Waals surface area (Å²) in [5.41, 5.74) is 1.90. The number of aryl methyl sites for hydroxylation is 2. The van der Waals surface area contributed by atoms with E-state index in [1.165, 1.54) is 17.3 Å². The van der Waals surface area contributed by atoms with E-state index in [0.717, 1.165) is 11.4 Å². The van der Waals surface area contributed by atoms with Gasteiger partial charge in [-0.15, -0.1) is 10.2 Å². The maximum absolute atomic E-state index is 12.3. The Morgan fingerprint density at radius 1 is 1.12 bits per heavy atom. The van der Waals surface area contributed by atoms with Gasteiger partial charge in [0.15, 0.2) is 5.16 Å². The van der Waals surface area contributed by atoms with Gasteiger partial charge in [0.2, 0.25) is 5.91 Å². The van der Waals surface area contributed by atoms with Crippen LogP contribution < -0.4 is 10.1 Å². The fourth-order valence-corrected chi connectivity index (χ4v) is 2.97. The fraction of sp³-hybridized carbons (Fsp3) is 0.211. The highest BCUT2D eigenvalue weighted by atomic mass is 32.2. The first-order chi connectivity index (χ1) is 12.5. The number of ether oxygens (including phenoxy) is 1. The minimum absolute atomic E-state index is 0.0924. The van der Waals surface area contributed by atoms with Gasteiger partial charge in [0.05, 0.1) is 5.25 Å². The molecule has 6 nitrogen and oxygen atoms in total. The van der Waals surface area contributed by atoms with Gasteiger partial charge in [-0.05, 0) is 50.2 Å². The molecule has 1 atom stereocenters. The van der Waals surface area contributed by atoms with Crippen LogP contribution in [0.5, 0.6) is 11.5 Å². The second-order valence-corrected chi connectivity index (χ2v) is 7.22. The van der Waals surface area contributed by atoms with Crippen molar-refractivity contribution in [3.8, 4) is 11.5 Å². The molecule has 7 heteroatoms. The molecule has 1 N–H and O–H groups in total. The van der Waals surface area contributed by atoms with Crippen LogP contribution in [-0.2, 0) is 11.8 Å². The average molecular weight is 368 g/mol. The second-order valence-electron chi connectivity index (χ2n) is 5.91. The van der Waals surface area contributed by atoms with Crippen molar-refractivity contribution >= 4 is 23.4 Å². The molecule has 1 heterocycles. The van der Waals surface area contributed by atoms with Crippen LogP contribution in [0.3, 0.4) is 0 Å². The lowest BCUT2D eigenvalue weighted by molar-refractivity contribution is -0.115. The number of hydrogen-bond acceptors (Lipinski definition) is 5. The summed E-state index contributed by atoms with van der Waals surface area (Å²) in [7, 11) is 1.85. The number of carbonyl (C=O) groups excluding carboxylic acids is 1. The fourth-order valence-electron chi connectivity index (χ4n) is 2.18. The van der Waals surface area contributed by atoms with Crippen LogP contribution in [0.15, 0.2) is 60.0 Å². The topological polar surface area (TPSA) is 69.0 Å². The lowest BCUT2D eigenvalue weighted by Gasteiger charge is -2.12. The second kappa shape index (κ2) is 8.05. The molecule has 2 aromatic carbocycles. The molecule has 0 spiro atoms. The maximum Gasteiger partial charge on any atom is 0.237 e. The van der Waals surface area contributed by atoms with E-state index in [2.05, 4.69) is 15.5 Å². The molecule has 0 aliphatic carbocycles. The predicted molar refractivity (Wildman–Crippen MR) is 103 cm³/mol. The van der Waals surface area contributed by atoms with Crippen LogP contribution >= 0.6 is 11.8 Å². The first-order valence-electron chi connectivity index (χ1n) is 8.17. The average Bonchev–Trinajstić information content (AvgIpc) is 3.03. The van der Waals surface area contributed by atoms with E-state index in [1.807, 2.05) is 69.4 Å². The Bertz CT molecular complexity index is 875. The third-order valence-electron chi connectivity index (χ3n) is 3.70. The lowest BCUT2D eigenvalue weighted by atomic mass is 10.2. The van der Waals surface area contributed by atoms with Gasteiger partial charge in [-0.2, -0.15) is 0 Å². The van der Waals surface area contributed by atoms with Crippen LogP contribution in [0.25, 0.3) is 0 Å². The number of thioether (sulfide) groups is 1. The number of aromatic nitrogens is 3. The summed E-state index contributed by atoms with van der Waals surface area (Å²) in [4.78, 5) is 12.3. The molecule has 134 valence electrons. The number of nitrogens with zero attached hydrogens (tertiary/aromatic N) is 3. The Kier molecular flexibility index (Phi) is 5.58. The molecule has 3 rings (SSSR count). The number of rotatable bonds is 6. The summed E-state index contributed by atoms with van der Waals surface area (Å²) >= 11 is 1.36.